The van der Waals surface area contributed by atoms with E-state index in [-0.39, 0.29) is 11.7 Å². The second kappa shape index (κ2) is 6.93. The van der Waals surface area contributed by atoms with Gasteiger partial charge in [-0.05, 0) is 49.4 Å². The minimum atomic E-state index is -0.208. The van der Waals surface area contributed by atoms with Crippen LogP contribution in [0.2, 0.25) is 5.02 Å². The van der Waals surface area contributed by atoms with Crippen LogP contribution in [-0.2, 0) is 0 Å². The van der Waals surface area contributed by atoms with E-state index in [0.717, 1.165) is 0 Å². The number of thiophene rings is 1. The standard InChI is InChI=1S/C18H20ClNO2S/c1-11-7-14(19)9-15(17(11)21)20-18(22)13-8-16(23-10-13)12-5-3-2-4-6-12/h7-10,12,21H,2-6H2,1H3,(H,20,22). The molecule has 3 nitrogen and oxygen atoms in total. The summed E-state index contributed by atoms with van der Waals surface area (Å²) in [6.07, 6.45) is 6.31. The summed E-state index contributed by atoms with van der Waals surface area (Å²) in [6, 6.07) is 5.22. The summed E-state index contributed by atoms with van der Waals surface area (Å²) in [5.74, 6) is 0.447. The van der Waals surface area contributed by atoms with E-state index >= 15 is 0 Å². The van der Waals surface area contributed by atoms with E-state index in [1.54, 1.807) is 30.4 Å². The molecule has 0 saturated heterocycles. The molecule has 0 bridgehead atoms. The number of nitrogens with one attached hydrogen (secondary N) is 1. The lowest BCUT2D eigenvalue weighted by atomic mass is 9.88. The molecule has 1 aromatic carbocycles. The number of carbonyl (C=O) groups excluding carboxylic acids is 1. The van der Waals surface area contributed by atoms with E-state index in [1.807, 2.05) is 11.4 Å². The van der Waals surface area contributed by atoms with Gasteiger partial charge in [0.25, 0.3) is 5.91 Å². The van der Waals surface area contributed by atoms with Gasteiger partial charge in [0.05, 0.1) is 11.3 Å². The van der Waals surface area contributed by atoms with Crippen molar-refractivity contribution < 1.29 is 9.90 Å². The lowest BCUT2D eigenvalue weighted by Crippen LogP contribution is -2.11. The van der Waals surface area contributed by atoms with Crippen molar-refractivity contribution in [1.82, 2.24) is 0 Å². The van der Waals surface area contributed by atoms with Gasteiger partial charge in [0.15, 0.2) is 0 Å². The first-order chi connectivity index (χ1) is 11.0. The number of aromatic hydroxyl groups is 1. The van der Waals surface area contributed by atoms with E-state index in [2.05, 4.69) is 5.32 Å². The highest BCUT2D eigenvalue weighted by Crippen LogP contribution is 2.36. The van der Waals surface area contributed by atoms with Crippen molar-refractivity contribution in [2.75, 3.05) is 5.32 Å². The highest BCUT2D eigenvalue weighted by Gasteiger charge is 2.19. The number of benzene rings is 1. The van der Waals surface area contributed by atoms with Crippen molar-refractivity contribution in [3.05, 3.63) is 44.6 Å². The fourth-order valence-electron chi connectivity index (χ4n) is 3.10. The average molecular weight is 350 g/mol. The summed E-state index contributed by atoms with van der Waals surface area (Å²) in [4.78, 5) is 13.7. The van der Waals surface area contributed by atoms with Crippen molar-refractivity contribution in [2.45, 2.75) is 44.9 Å². The van der Waals surface area contributed by atoms with Gasteiger partial charge >= 0.3 is 0 Å². The molecule has 0 unspecified atom stereocenters. The summed E-state index contributed by atoms with van der Waals surface area (Å²) in [5.41, 5.74) is 1.64. The van der Waals surface area contributed by atoms with Gasteiger partial charge in [0.2, 0.25) is 0 Å². The first-order valence-corrected chi connectivity index (χ1v) is 9.19. The number of hydrogen-bond acceptors (Lipinski definition) is 3. The summed E-state index contributed by atoms with van der Waals surface area (Å²) in [6.45, 7) is 1.75. The van der Waals surface area contributed by atoms with Crippen LogP contribution in [0, 0.1) is 6.92 Å². The van der Waals surface area contributed by atoms with Gasteiger partial charge in [-0.1, -0.05) is 30.9 Å². The van der Waals surface area contributed by atoms with Crippen LogP contribution >= 0.6 is 22.9 Å². The van der Waals surface area contributed by atoms with Crippen molar-refractivity contribution in [2.24, 2.45) is 0 Å². The van der Waals surface area contributed by atoms with E-state index in [0.29, 0.717) is 27.8 Å². The molecule has 0 aliphatic heterocycles. The Morgan fingerprint density at radius 3 is 2.74 bits per heavy atom. The van der Waals surface area contributed by atoms with Gasteiger partial charge in [0.1, 0.15) is 5.75 Å². The van der Waals surface area contributed by atoms with Crippen LogP contribution in [-0.4, -0.2) is 11.0 Å². The lowest BCUT2D eigenvalue weighted by molar-refractivity contribution is 0.102. The van der Waals surface area contributed by atoms with Gasteiger partial charge in [-0.2, -0.15) is 0 Å². The third-order valence-corrected chi connectivity index (χ3v) is 5.72. The number of phenolic OH excluding ortho intramolecular Hbond substituents is 1. The molecule has 122 valence electrons. The molecule has 23 heavy (non-hydrogen) atoms. The molecule has 0 atom stereocenters. The average Bonchev–Trinajstić information content (AvgIpc) is 3.03. The molecule has 1 saturated carbocycles. The predicted molar refractivity (Wildman–Crippen MR) is 96.0 cm³/mol. The first-order valence-electron chi connectivity index (χ1n) is 7.93. The second-order valence-corrected chi connectivity index (χ2v) is 7.52. The Labute approximate surface area is 145 Å². The zero-order valence-corrected chi connectivity index (χ0v) is 14.6. The Morgan fingerprint density at radius 2 is 2.00 bits per heavy atom. The van der Waals surface area contributed by atoms with Crippen molar-refractivity contribution in [1.29, 1.82) is 0 Å². The van der Waals surface area contributed by atoms with Crippen LogP contribution < -0.4 is 5.32 Å². The molecule has 5 heteroatoms. The molecule has 1 amide bonds. The second-order valence-electron chi connectivity index (χ2n) is 6.15. The fraction of sp³-hybridized carbons (Fsp3) is 0.389. The summed E-state index contributed by atoms with van der Waals surface area (Å²) >= 11 is 7.65. The molecule has 1 aliphatic rings. The zero-order valence-electron chi connectivity index (χ0n) is 13.1. The van der Waals surface area contributed by atoms with Crippen LogP contribution in [0.25, 0.3) is 0 Å². The number of aryl methyl sites for hydroxylation is 1. The molecule has 2 aromatic rings. The van der Waals surface area contributed by atoms with Crippen molar-refractivity contribution in [3.8, 4) is 5.75 Å². The third kappa shape index (κ3) is 3.70. The maximum Gasteiger partial charge on any atom is 0.256 e. The third-order valence-electron chi connectivity index (χ3n) is 4.40. The molecule has 1 heterocycles. The van der Waals surface area contributed by atoms with Gasteiger partial charge in [-0.3, -0.25) is 4.79 Å². The van der Waals surface area contributed by atoms with Crippen LogP contribution in [0.15, 0.2) is 23.6 Å². The maximum absolute atomic E-state index is 12.4. The number of halogens is 1. The smallest absolute Gasteiger partial charge is 0.256 e. The van der Waals surface area contributed by atoms with E-state index in [9.17, 15) is 9.90 Å². The number of hydrogen-bond donors (Lipinski definition) is 2. The molecular weight excluding hydrogens is 330 g/mol. The maximum atomic E-state index is 12.4. The monoisotopic (exact) mass is 349 g/mol. The lowest BCUT2D eigenvalue weighted by Gasteiger charge is -2.19. The molecule has 1 fully saturated rings. The van der Waals surface area contributed by atoms with Crippen molar-refractivity contribution >= 4 is 34.5 Å². The minimum absolute atomic E-state index is 0.0606. The van der Waals surface area contributed by atoms with E-state index in [1.165, 1.54) is 37.0 Å². The number of phenols is 1. The Balaban J connectivity index is 1.75. The summed E-state index contributed by atoms with van der Waals surface area (Å²) in [7, 11) is 0. The van der Waals surface area contributed by atoms with Crippen LogP contribution in [0.5, 0.6) is 5.75 Å². The van der Waals surface area contributed by atoms with Gasteiger partial charge < -0.3 is 10.4 Å². The van der Waals surface area contributed by atoms with Gasteiger partial charge in [0, 0.05) is 15.3 Å². The highest BCUT2D eigenvalue weighted by molar-refractivity contribution is 7.10. The summed E-state index contributed by atoms with van der Waals surface area (Å²) in [5, 5.41) is 15.2. The largest absolute Gasteiger partial charge is 0.505 e. The molecule has 3 rings (SSSR count). The fourth-order valence-corrected chi connectivity index (χ4v) is 4.43. The normalized spacial score (nSPS) is 15.6. The van der Waals surface area contributed by atoms with Crippen LogP contribution in [0.4, 0.5) is 5.69 Å². The molecule has 0 radical (unpaired) electrons. The number of amides is 1. The molecule has 1 aromatic heterocycles. The Kier molecular flexibility index (Phi) is 4.93. The molecule has 2 N–H and O–H groups in total. The number of carbonyl (C=O) groups is 1. The molecule has 1 aliphatic carbocycles. The Bertz CT molecular complexity index is 720. The first kappa shape index (κ1) is 16.3. The Hall–Kier alpha value is -1.52. The highest BCUT2D eigenvalue weighted by atomic mass is 35.5. The van der Waals surface area contributed by atoms with Gasteiger partial charge in [-0.15, -0.1) is 11.3 Å². The quantitative estimate of drug-likeness (QED) is 0.696. The zero-order chi connectivity index (χ0) is 16.4. The summed E-state index contributed by atoms with van der Waals surface area (Å²) < 4.78 is 0. The van der Waals surface area contributed by atoms with Crippen LogP contribution in [0.1, 0.15) is 58.8 Å². The molecular formula is C18H20ClNO2S. The SMILES string of the molecule is Cc1cc(Cl)cc(NC(=O)c2csc(C3CCCCC3)c2)c1O. The topological polar surface area (TPSA) is 49.3 Å². The van der Waals surface area contributed by atoms with E-state index < -0.39 is 0 Å². The van der Waals surface area contributed by atoms with Gasteiger partial charge in [-0.25, -0.2) is 0 Å². The van der Waals surface area contributed by atoms with Crippen molar-refractivity contribution in [3.63, 3.8) is 0 Å². The minimum Gasteiger partial charge on any atom is -0.505 e. The van der Waals surface area contributed by atoms with Crippen LogP contribution in [0.3, 0.4) is 0 Å². The Morgan fingerprint density at radius 1 is 1.26 bits per heavy atom. The number of rotatable bonds is 3. The predicted octanol–water partition coefficient (Wildman–Crippen LogP) is 5.72. The number of anilines is 1. The molecule has 0 spiro atoms. The van der Waals surface area contributed by atoms with E-state index in [4.69, 9.17) is 11.6 Å².